The summed E-state index contributed by atoms with van der Waals surface area (Å²) < 4.78 is 29.2. The Morgan fingerprint density at radius 3 is 2.70 bits per heavy atom. The summed E-state index contributed by atoms with van der Waals surface area (Å²) in [5.41, 5.74) is 0.0947. The van der Waals surface area contributed by atoms with Crippen molar-refractivity contribution in [2.75, 3.05) is 18.0 Å². The molecule has 0 radical (unpaired) electrons. The van der Waals surface area contributed by atoms with E-state index in [0.717, 1.165) is 25.9 Å². The first-order valence-corrected chi connectivity index (χ1v) is 10.7. The zero-order valence-electron chi connectivity index (χ0n) is 15.8. The average Bonchev–Trinajstić information content (AvgIpc) is 3.11. The van der Waals surface area contributed by atoms with Gasteiger partial charge in [0.1, 0.15) is 4.90 Å². The van der Waals surface area contributed by atoms with Crippen molar-refractivity contribution in [3.8, 4) is 0 Å². The Kier molecular flexibility index (Phi) is 5.66. The van der Waals surface area contributed by atoms with Gasteiger partial charge in [-0.2, -0.15) is 5.10 Å². The van der Waals surface area contributed by atoms with Crippen molar-refractivity contribution in [1.82, 2.24) is 24.5 Å². The first-order valence-electron chi connectivity index (χ1n) is 9.19. The largest absolute Gasteiger partial charge is 0.342 e. The molecule has 2 N–H and O–H groups in total. The third kappa shape index (κ3) is 4.56. The number of hydrogen-bond donors (Lipinski definition) is 2. The van der Waals surface area contributed by atoms with Crippen LogP contribution in [0.15, 0.2) is 28.2 Å². The number of nitrogens with zero attached hydrogens (tertiary/aromatic N) is 4. The monoisotopic (exact) mass is 394 g/mol. The minimum atomic E-state index is -3.75. The van der Waals surface area contributed by atoms with Crippen LogP contribution in [0.2, 0.25) is 0 Å². The Morgan fingerprint density at radius 2 is 2.07 bits per heavy atom. The highest BCUT2D eigenvalue weighted by molar-refractivity contribution is 7.89. The van der Waals surface area contributed by atoms with Crippen LogP contribution in [0.4, 0.5) is 5.95 Å². The third-order valence-corrected chi connectivity index (χ3v) is 6.35. The zero-order valence-corrected chi connectivity index (χ0v) is 16.7. The molecule has 0 amide bonds. The molecule has 27 heavy (non-hydrogen) atoms. The Hall–Kier alpha value is -2.20. The van der Waals surface area contributed by atoms with E-state index in [1.807, 2.05) is 11.8 Å². The Balaban J connectivity index is 1.80. The smallest absolute Gasteiger partial charge is 0.252 e. The van der Waals surface area contributed by atoms with Gasteiger partial charge in [0.15, 0.2) is 0 Å². The fourth-order valence-corrected chi connectivity index (χ4v) is 4.24. The second kappa shape index (κ2) is 7.81. The third-order valence-electron chi connectivity index (χ3n) is 4.85. The predicted octanol–water partition coefficient (Wildman–Crippen LogP) is 1.26. The molecule has 1 atom stereocenters. The van der Waals surface area contributed by atoms with E-state index in [0.29, 0.717) is 24.1 Å². The van der Waals surface area contributed by atoms with Gasteiger partial charge in [-0.3, -0.25) is 14.5 Å². The van der Waals surface area contributed by atoms with Crippen molar-refractivity contribution in [3.63, 3.8) is 0 Å². The van der Waals surface area contributed by atoms with Crippen molar-refractivity contribution in [2.24, 2.45) is 5.92 Å². The van der Waals surface area contributed by atoms with E-state index in [9.17, 15) is 13.2 Å². The minimum absolute atomic E-state index is 0.0892. The molecule has 0 aromatic carbocycles. The molecule has 0 bridgehead atoms. The van der Waals surface area contributed by atoms with Crippen LogP contribution >= 0.6 is 0 Å². The molecule has 1 aliphatic heterocycles. The lowest BCUT2D eigenvalue weighted by Crippen LogP contribution is -2.36. The normalized spacial score (nSPS) is 17.2. The lowest BCUT2D eigenvalue weighted by Gasteiger charge is -2.31. The molecule has 0 unspecified atom stereocenters. The van der Waals surface area contributed by atoms with Crippen molar-refractivity contribution < 1.29 is 8.42 Å². The molecule has 0 spiro atoms. The zero-order chi connectivity index (χ0) is 19.6. The molecular formula is C17H26N6O3S. The number of rotatable bonds is 6. The van der Waals surface area contributed by atoms with Crippen LogP contribution < -0.4 is 15.2 Å². The molecule has 0 aliphatic carbocycles. The molecule has 1 saturated heterocycles. The Labute approximate surface area is 158 Å². The lowest BCUT2D eigenvalue weighted by atomic mass is 10.00. The maximum atomic E-state index is 12.6. The van der Waals surface area contributed by atoms with Crippen LogP contribution in [-0.2, 0) is 16.6 Å². The number of hydrogen-bond acceptors (Lipinski definition) is 6. The van der Waals surface area contributed by atoms with Gasteiger partial charge in [0.2, 0.25) is 16.0 Å². The first-order chi connectivity index (χ1) is 12.8. The number of aryl methyl sites for hydroxylation is 1. The van der Waals surface area contributed by atoms with Gasteiger partial charge >= 0.3 is 0 Å². The van der Waals surface area contributed by atoms with E-state index in [4.69, 9.17) is 0 Å². The summed E-state index contributed by atoms with van der Waals surface area (Å²) in [6.07, 6.45) is 4.86. The minimum Gasteiger partial charge on any atom is -0.342 e. The summed E-state index contributed by atoms with van der Waals surface area (Å²) >= 11 is 0. The molecular weight excluding hydrogens is 368 g/mol. The molecule has 1 aliphatic rings. The van der Waals surface area contributed by atoms with Gasteiger partial charge in [-0.15, -0.1) is 0 Å². The second-order valence-electron chi connectivity index (χ2n) is 7.04. The van der Waals surface area contributed by atoms with Gasteiger partial charge in [-0.05, 0) is 32.6 Å². The number of piperidine rings is 1. The van der Waals surface area contributed by atoms with Crippen LogP contribution in [0.25, 0.3) is 0 Å². The van der Waals surface area contributed by atoms with E-state index >= 15 is 0 Å². The second-order valence-corrected chi connectivity index (χ2v) is 8.75. The summed E-state index contributed by atoms with van der Waals surface area (Å²) in [5.74, 6) is 1.15. The molecule has 3 rings (SSSR count). The fourth-order valence-electron chi connectivity index (χ4n) is 3.07. The molecule has 9 nitrogen and oxygen atoms in total. The number of H-pyrrole nitrogens is 1. The van der Waals surface area contributed by atoms with Crippen LogP contribution in [0.5, 0.6) is 0 Å². The van der Waals surface area contributed by atoms with Crippen molar-refractivity contribution in [3.05, 3.63) is 34.5 Å². The van der Waals surface area contributed by atoms with Crippen molar-refractivity contribution in [1.29, 1.82) is 0 Å². The van der Waals surface area contributed by atoms with E-state index in [2.05, 4.69) is 26.7 Å². The summed E-state index contributed by atoms with van der Waals surface area (Å²) in [7, 11) is -3.75. The average molecular weight is 395 g/mol. The molecule has 3 heterocycles. The number of anilines is 1. The maximum Gasteiger partial charge on any atom is 0.252 e. The highest BCUT2D eigenvalue weighted by Gasteiger charge is 2.23. The van der Waals surface area contributed by atoms with Crippen LogP contribution in [0.1, 0.15) is 45.3 Å². The van der Waals surface area contributed by atoms with Crippen LogP contribution in [0.3, 0.4) is 0 Å². The number of aromatic amines is 1. The lowest BCUT2D eigenvalue weighted by molar-refractivity contribution is 0.433. The number of aromatic nitrogens is 4. The van der Waals surface area contributed by atoms with E-state index in [-0.39, 0.29) is 10.5 Å². The van der Waals surface area contributed by atoms with Gasteiger partial charge in [-0.25, -0.2) is 18.1 Å². The van der Waals surface area contributed by atoms with E-state index < -0.39 is 16.1 Å². The highest BCUT2D eigenvalue weighted by atomic mass is 32.2. The van der Waals surface area contributed by atoms with E-state index in [1.54, 1.807) is 11.6 Å². The molecule has 2 aromatic rings. The van der Waals surface area contributed by atoms with Crippen molar-refractivity contribution >= 4 is 16.0 Å². The predicted molar refractivity (Wildman–Crippen MR) is 102 cm³/mol. The summed E-state index contributed by atoms with van der Waals surface area (Å²) in [4.78, 5) is 21.5. The number of sulfonamides is 1. The summed E-state index contributed by atoms with van der Waals surface area (Å²) in [5, 5.41) is 4.00. The SMILES string of the molecule is CCn1cc(S(=O)(=O)N[C@@H](C)c2cc(=O)[nH]c(N3CCC(C)CC3)n2)cn1. The molecule has 148 valence electrons. The fraction of sp³-hybridized carbons (Fsp3) is 0.588. The van der Waals surface area contributed by atoms with Crippen molar-refractivity contribution in [2.45, 2.75) is 51.1 Å². The molecule has 1 fully saturated rings. The summed E-state index contributed by atoms with van der Waals surface area (Å²) in [6.45, 7) is 7.99. The molecule has 2 aromatic heterocycles. The van der Waals surface area contributed by atoms with Gasteiger partial charge in [-0.1, -0.05) is 6.92 Å². The van der Waals surface area contributed by atoms with Gasteiger partial charge < -0.3 is 4.90 Å². The maximum absolute atomic E-state index is 12.6. The topological polar surface area (TPSA) is 113 Å². The number of nitrogens with one attached hydrogen (secondary N) is 2. The van der Waals surface area contributed by atoms with Gasteiger partial charge in [0.05, 0.1) is 17.9 Å². The quantitative estimate of drug-likeness (QED) is 0.763. The van der Waals surface area contributed by atoms with Crippen LogP contribution in [0, 0.1) is 5.92 Å². The molecule has 10 heteroatoms. The Bertz CT molecular complexity index is 944. The molecule has 0 saturated carbocycles. The highest BCUT2D eigenvalue weighted by Crippen LogP contribution is 2.21. The van der Waals surface area contributed by atoms with Gasteiger partial charge in [0.25, 0.3) is 5.56 Å². The summed E-state index contributed by atoms with van der Waals surface area (Å²) in [6, 6.07) is 0.684. The van der Waals surface area contributed by atoms with E-state index in [1.165, 1.54) is 18.5 Å². The first kappa shape index (κ1) is 19.6. The van der Waals surface area contributed by atoms with Gasteiger partial charge in [0, 0.05) is 31.9 Å². The Morgan fingerprint density at radius 1 is 1.37 bits per heavy atom. The van der Waals surface area contributed by atoms with Crippen LogP contribution in [-0.4, -0.2) is 41.3 Å². The standard InChI is InChI=1S/C17H26N6O3S/c1-4-23-11-14(10-18-23)27(25,26)21-13(3)15-9-16(24)20-17(19-15)22-7-5-12(2)6-8-22/h9-13,21H,4-8H2,1-3H3,(H,19,20,24)/t13-/m0/s1.